The Labute approximate surface area is 122 Å². The fourth-order valence-corrected chi connectivity index (χ4v) is 1.98. The lowest BCUT2D eigenvalue weighted by atomic mass is 9.94. The van der Waals surface area contributed by atoms with E-state index in [0.29, 0.717) is 0 Å². The van der Waals surface area contributed by atoms with Crippen molar-refractivity contribution in [1.29, 1.82) is 0 Å². The molecule has 1 aromatic carbocycles. The van der Waals surface area contributed by atoms with E-state index in [1.54, 1.807) is 0 Å². The van der Waals surface area contributed by atoms with Gasteiger partial charge in [-0.1, -0.05) is 23.2 Å². The molecule has 0 atom stereocenters. The molecule has 0 heterocycles. The van der Waals surface area contributed by atoms with E-state index in [1.165, 1.54) is 0 Å². The molecule has 0 radical (unpaired) electrons. The largest absolute Gasteiger partial charge is 0.435 e. The summed E-state index contributed by atoms with van der Waals surface area (Å²) in [5.74, 6) is 0. The Hall–Kier alpha value is -1.31. The van der Waals surface area contributed by atoms with Gasteiger partial charge in [0.1, 0.15) is 5.69 Å². The van der Waals surface area contributed by atoms with Crippen LogP contribution in [0.5, 0.6) is 0 Å². The van der Waals surface area contributed by atoms with Crippen LogP contribution in [0.25, 0.3) is 0 Å². The molecule has 0 fully saturated rings. The van der Waals surface area contributed by atoms with Crippen LogP contribution in [0.4, 0.5) is 36.4 Å². The summed E-state index contributed by atoms with van der Waals surface area (Å²) in [5.41, 5.74) is -8.16. The third-order valence-electron chi connectivity index (χ3n) is 2.35. The number of benzene rings is 1. The zero-order valence-corrected chi connectivity index (χ0v) is 10.9. The topological polar surface area (TPSA) is 29.4 Å². The zero-order chi connectivity index (χ0) is 16.6. The van der Waals surface area contributed by atoms with Gasteiger partial charge in [0.25, 0.3) is 0 Å². The fraction of sp³-hybridized carbons (Fsp3) is 0.300. The minimum atomic E-state index is -6.30. The zero-order valence-electron chi connectivity index (χ0n) is 9.41. The summed E-state index contributed by atoms with van der Waals surface area (Å²) in [4.78, 5) is 12.9. The van der Waals surface area contributed by atoms with Crippen LogP contribution in [0, 0.1) is 0 Å². The molecule has 0 N–H and O–H groups in total. The molecular weight excluding hydrogens is 354 g/mol. The van der Waals surface area contributed by atoms with Gasteiger partial charge in [0.2, 0.25) is 6.08 Å². The molecule has 0 spiro atoms. The van der Waals surface area contributed by atoms with Crippen molar-refractivity contribution in [2.45, 2.75) is 18.0 Å². The van der Waals surface area contributed by atoms with Crippen LogP contribution in [-0.2, 0) is 10.5 Å². The quantitative estimate of drug-likeness (QED) is 0.404. The van der Waals surface area contributed by atoms with E-state index in [1.807, 2.05) is 0 Å². The molecule has 0 saturated heterocycles. The second-order valence-corrected chi connectivity index (χ2v) is 4.46. The number of rotatable bonds is 2. The van der Waals surface area contributed by atoms with Gasteiger partial charge in [0, 0.05) is 5.56 Å². The number of nitrogens with zero attached hydrogens (tertiary/aromatic N) is 1. The molecule has 2 nitrogen and oxygen atoms in total. The Kier molecular flexibility index (Phi) is 4.62. The Balaban J connectivity index is 3.67. The molecule has 11 heteroatoms. The average Bonchev–Trinajstić information content (AvgIpc) is 2.29. The minimum Gasteiger partial charge on any atom is -0.218 e. The maximum atomic E-state index is 13.7. The van der Waals surface area contributed by atoms with Crippen molar-refractivity contribution in [1.82, 2.24) is 0 Å². The van der Waals surface area contributed by atoms with Gasteiger partial charge in [0.05, 0.1) is 10.0 Å². The maximum Gasteiger partial charge on any atom is 0.435 e. The Morgan fingerprint density at radius 2 is 1.29 bits per heavy atom. The summed E-state index contributed by atoms with van der Waals surface area (Å²) in [6.07, 6.45) is -11.6. The standard InChI is InChI=1S/C10H2Cl2F7NO/c11-5-1-4(2-6(12)7(5)20-3-21)8(13,9(14,15)16)10(17,18)19/h1-2H. The van der Waals surface area contributed by atoms with E-state index in [9.17, 15) is 35.5 Å². The van der Waals surface area contributed by atoms with Crippen molar-refractivity contribution >= 4 is 35.0 Å². The highest BCUT2D eigenvalue weighted by molar-refractivity contribution is 6.38. The Bertz CT molecular complexity index is 567. The van der Waals surface area contributed by atoms with Crippen LogP contribution in [0.3, 0.4) is 0 Å². The van der Waals surface area contributed by atoms with E-state index in [-0.39, 0.29) is 12.1 Å². The summed E-state index contributed by atoms with van der Waals surface area (Å²) in [7, 11) is 0. The van der Waals surface area contributed by atoms with Crippen molar-refractivity contribution in [3.8, 4) is 0 Å². The molecule has 21 heavy (non-hydrogen) atoms. The van der Waals surface area contributed by atoms with Gasteiger partial charge in [-0.3, -0.25) is 0 Å². The Morgan fingerprint density at radius 3 is 1.57 bits per heavy atom. The summed E-state index contributed by atoms with van der Waals surface area (Å²) < 4.78 is 88.9. The number of hydrogen-bond acceptors (Lipinski definition) is 2. The van der Waals surface area contributed by atoms with E-state index >= 15 is 0 Å². The summed E-state index contributed by atoms with van der Waals surface area (Å²) in [6.45, 7) is 0. The van der Waals surface area contributed by atoms with E-state index in [2.05, 4.69) is 4.99 Å². The lowest BCUT2D eigenvalue weighted by molar-refractivity contribution is -0.348. The van der Waals surface area contributed by atoms with E-state index in [4.69, 9.17) is 23.2 Å². The first-order valence-electron chi connectivity index (χ1n) is 4.76. The molecule has 0 saturated carbocycles. The van der Waals surface area contributed by atoms with Gasteiger partial charge >= 0.3 is 18.0 Å². The monoisotopic (exact) mass is 355 g/mol. The SMILES string of the molecule is O=C=Nc1c(Cl)cc(C(F)(C(F)(F)F)C(F)(F)F)cc1Cl. The molecule has 0 unspecified atom stereocenters. The number of isocyanates is 1. The summed E-state index contributed by atoms with van der Waals surface area (Å²) >= 11 is 10.7. The highest BCUT2D eigenvalue weighted by atomic mass is 35.5. The molecule has 0 aliphatic carbocycles. The van der Waals surface area contributed by atoms with Gasteiger partial charge in [-0.05, 0) is 12.1 Å². The molecule has 116 valence electrons. The van der Waals surface area contributed by atoms with Gasteiger partial charge in [0.15, 0.2) is 0 Å². The van der Waals surface area contributed by atoms with Crippen molar-refractivity contribution < 1.29 is 35.5 Å². The smallest absolute Gasteiger partial charge is 0.218 e. The first kappa shape index (κ1) is 17.7. The van der Waals surface area contributed by atoms with Crippen LogP contribution >= 0.6 is 23.2 Å². The molecule has 1 aromatic rings. The molecule has 0 bridgehead atoms. The first-order valence-corrected chi connectivity index (χ1v) is 5.51. The third-order valence-corrected chi connectivity index (χ3v) is 2.93. The number of aliphatic imine (C=N–C) groups is 1. The molecule has 0 aliphatic heterocycles. The third kappa shape index (κ3) is 3.00. The fourth-order valence-electron chi connectivity index (χ4n) is 1.40. The second-order valence-electron chi connectivity index (χ2n) is 3.65. The van der Waals surface area contributed by atoms with E-state index < -0.39 is 39.3 Å². The lowest BCUT2D eigenvalue weighted by Gasteiger charge is -2.30. The summed E-state index contributed by atoms with van der Waals surface area (Å²) in [5, 5.41) is -1.73. The normalized spacial score (nSPS) is 13.0. The van der Waals surface area contributed by atoms with E-state index in [0.717, 1.165) is 6.08 Å². The maximum absolute atomic E-state index is 13.7. The van der Waals surface area contributed by atoms with Crippen molar-refractivity contribution in [3.63, 3.8) is 0 Å². The van der Waals surface area contributed by atoms with Gasteiger partial charge in [-0.2, -0.15) is 31.3 Å². The minimum absolute atomic E-state index is 0.0462. The van der Waals surface area contributed by atoms with Crippen molar-refractivity contribution in [3.05, 3.63) is 27.7 Å². The van der Waals surface area contributed by atoms with Crippen molar-refractivity contribution in [2.75, 3.05) is 0 Å². The van der Waals surface area contributed by atoms with Crippen LogP contribution in [0.1, 0.15) is 5.56 Å². The highest BCUT2D eigenvalue weighted by Gasteiger charge is 2.73. The lowest BCUT2D eigenvalue weighted by Crippen LogP contribution is -2.50. The van der Waals surface area contributed by atoms with Crippen LogP contribution in [-0.4, -0.2) is 18.4 Å². The summed E-state index contributed by atoms with van der Waals surface area (Å²) in [6, 6.07) is 0.0924. The first-order chi connectivity index (χ1) is 9.36. The van der Waals surface area contributed by atoms with Crippen LogP contribution in [0.15, 0.2) is 17.1 Å². The van der Waals surface area contributed by atoms with Crippen LogP contribution in [0.2, 0.25) is 10.0 Å². The van der Waals surface area contributed by atoms with Gasteiger partial charge in [-0.15, -0.1) is 0 Å². The molecule has 0 aromatic heterocycles. The predicted octanol–water partition coefficient (Wildman–Crippen LogP) is 5.25. The Morgan fingerprint density at radius 1 is 0.905 bits per heavy atom. The molecular formula is C10H2Cl2F7NO. The van der Waals surface area contributed by atoms with Gasteiger partial charge in [-0.25, -0.2) is 9.18 Å². The molecule has 1 rings (SSSR count). The van der Waals surface area contributed by atoms with Crippen LogP contribution < -0.4 is 0 Å². The molecule has 0 amide bonds. The second kappa shape index (κ2) is 5.47. The molecule has 0 aliphatic rings. The predicted molar refractivity (Wildman–Crippen MR) is 59.1 cm³/mol. The van der Waals surface area contributed by atoms with Gasteiger partial charge < -0.3 is 0 Å². The number of halogens is 9. The highest BCUT2D eigenvalue weighted by Crippen LogP contribution is 2.54. The number of carbonyl (C=O) groups excluding carboxylic acids is 1. The number of alkyl halides is 7. The average molecular weight is 356 g/mol. The number of hydrogen-bond donors (Lipinski definition) is 0. The van der Waals surface area contributed by atoms with Crippen molar-refractivity contribution in [2.24, 2.45) is 4.99 Å².